The molecule has 1 saturated heterocycles. The lowest BCUT2D eigenvalue weighted by atomic mass is 10.2. The van der Waals surface area contributed by atoms with Gasteiger partial charge < -0.3 is 14.8 Å². The van der Waals surface area contributed by atoms with E-state index >= 15 is 0 Å². The molecule has 0 radical (unpaired) electrons. The number of nitrogens with zero attached hydrogens (tertiary/aromatic N) is 2. The van der Waals surface area contributed by atoms with E-state index in [0.717, 1.165) is 32.7 Å². The number of fused-ring (bicyclic) bond motifs is 1. The second-order valence-electron chi connectivity index (χ2n) is 7.06. The molecule has 28 heavy (non-hydrogen) atoms. The van der Waals surface area contributed by atoms with Crippen molar-refractivity contribution in [1.82, 2.24) is 9.80 Å². The van der Waals surface area contributed by atoms with E-state index in [-0.39, 0.29) is 5.91 Å². The second-order valence-corrected chi connectivity index (χ2v) is 7.47. The predicted octanol–water partition coefficient (Wildman–Crippen LogP) is 2.87. The van der Waals surface area contributed by atoms with Gasteiger partial charge in [-0.2, -0.15) is 0 Å². The molecule has 0 spiro atoms. The maximum absolute atomic E-state index is 12.5. The Morgan fingerprint density at radius 2 is 1.61 bits per heavy atom. The highest BCUT2D eigenvalue weighted by Crippen LogP contribution is 2.37. The van der Waals surface area contributed by atoms with Crippen molar-refractivity contribution >= 4 is 23.2 Å². The van der Waals surface area contributed by atoms with Crippen LogP contribution >= 0.6 is 11.6 Å². The molecule has 2 aromatic rings. The summed E-state index contributed by atoms with van der Waals surface area (Å²) in [7, 11) is 0. The summed E-state index contributed by atoms with van der Waals surface area (Å²) < 4.78 is 11.1. The van der Waals surface area contributed by atoms with Crippen LogP contribution in [0.15, 0.2) is 42.5 Å². The number of carbonyl (C=O) groups is 1. The number of rotatable bonds is 5. The van der Waals surface area contributed by atoms with Gasteiger partial charge in [0.15, 0.2) is 11.5 Å². The summed E-state index contributed by atoms with van der Waals surface area (Å²) in [6.45, 7) is 5.95. The first-order valence-electron chi connectivity index (χ1n) is 9.55. The summed E-state index contributed by atoms with van der Waals surface area (Å²) in [5.74, 6) is 1.15. The molecule has 0 unspecified atom stereocenters. The molecule has 7 heteroatoms. The van der Waals surface area contributed by atoms with Crippen molar-refractivity contribution in [3.8, 4) is 11.5 Å². The molecule has 0 bridgehead atoms. The Hall–Kier alpha value is -2.28. The Morgan fingerprint density at radius 1 is 0.964 bits per heavy atom. The van der Waals surface area contributed by atoms with E-state index in [9.17, 15) is 4.79 Å². The number of anilines is 1. The molecular formula is C21H24ClN3O3. The predicted molar refractivity (Wildman–Crippen MR) is 109 cm³/mol. The summed E-state index contributed by atoms with van der Waals surface area (Å²) >= 11 is 6.27. The van der Waals surface area contributed by atoms with Gasteiger partial charge in [-0.25, -0.2) is 0 Å². The number of benzene rings is 2. The Balaban J connectivity index is 1.27. The SMILES string of the molecule is O=C(CN1CCN(Cc2ccccc2)CC1)Nc1cc2c(cc1Cl)OCCO2. The standard InChI is InChI=1S/C21H24ClN3O3/c22-17-12-19-20(28-11-10-27-19)13-18(17)23-21(26)15-25-8-6-24(7-9-25)14-16-4-2-1-3-5-16/h1-5,12-13H,6-11,14-15H2,(H,23,26). The third kappa shape index (κ3) is 4.76. The quantitative estimate of drug-likeness (QED) is 0.834. The zero-order chi connectivity index (χ0) is 19.3. The minimum absolute atomic E-state index is 0.0740. The fraction of sp³-hybridized carbons (Fsp3) is 0.381. The summed E-state index contributed by atoms with van der Waals surface area (Å²) in [4.78, 5) is 17.1. The van der Waals surface area contributed by atoms with E-state index in [2.05, 4.69) is 39.4 Å². The van der Waals surface area contributed by atoms with Gasteiger partial charge in [-0.3, -0.25) is 14.6 Å². The minimum Gasteiger partial charge on any atom is -0.486 e. The maximum Gasteiger partial charge on any atom is 0.238 e. The molecule has 6 nitrogen and oxygen atoms in total. The van der Waals surface area contributed by atoms with Gasteiger partial charge in [-0.05, 0) is 5.56 Å². The van der Waals surface area contributed by atoms with Gasteiger partial charge in [-0.1, -0.05) is 41.9 Å². The van der Waals surface area contributed by atoms with Gasteiger partial charge in [0.25, 0.3) is 0 Å². The van der Waals surface area contributed by atoms with E-state index in [1.165, 1.54) is 5.56 Å². The molecule has 2 aromatic carbocycles. The zero-order valence-corrected chi connectivity index (χ0v) is 16.5. The van der Waals surface area contributed by atoms with Crippen LogP contribution in [-0.4, -0.2) is 61.6 Å². The van der Waals surface area contributed by atoms with E-state index in [4.69, 9.17) is 21.1 Å². The summed E-state index contributed by atoms with van der Waals surface area (Å²) in [5, 5.41) is 3.35. The van der Waals surface area contributed by atoms with Gasteiger partial charge in [0.05, 0.1) is 17.3 Å². The number of nitrogens with one attached hydrogen (secondary N) is 1. The average molecular weight is 402 g/mol. The molecular weight excluding hydrogens is 378 g/mol. The largest absolute Gasteiger partial charge is 0.486 e. The van der Waals surface area contributed by atoms with Crippen LogP contribution in [0.4, 0.5) is 5.69 Å². The van der Waals surface area contributed by atoms with Crippen LogP contribution in [0.2, 0.25) is 5.02 Å². The number of hydrogen-bond acceptors (Lipinski definition) is 5. The first-order valence-corrected chi connectivity index (χ1v) is 9.93. The van der Waals surface area contributed by atoms with Gasteiger partial charge in [0.1, 0.15) is 13.2 Å². The second kappa shape index (κ2) is 8.82. The highest BCUT2D eigenvalue weighted by molar-refractivity contribution is 6.34. The average Bonchev–Trinajstić information content (AvgIpc) is 2.71. The first kappa shape index (κ1) is 19.1. The van der Waals surface area contributed by atoms with E-state index in [1.807, 2.05) is 6.07 Å². The van der Waals surface area contributed by atoms with Crippen molar-refractivity contribution in [2.45, 2.75) is 6.54 Å². The molecule has 1 amide bonds. The molecule has 148 valence electrons. The van der Waals surface area contributed by atoms with E-state index < -0.39 is 0 Å². The molecule has 0 atom stereocenters. The first-order chi connectivity index (χ1) is 13.7. The Morgan fingerprint density at radius 3 is 2.32 bits per heavy atom. The third-order valence-corrected chi connectivity index (χ3v) is 5.30. The van der Waals surface area contributed by atoms with Crippen molar-refractivity contribution in [2.24, 2.45) is 0 Å². The summed E-state index contributed by atoms with van der Waals surface area (Å²) in [6.07, 6.45) is 0. The van der Waals surface area contributed by atoms with Gasteiger partial charge in [0.2, 0.25) is 5.91 Å². The number of carbonyl (C=O) groups excluding carboxylic acids is 1. The normalized spacial score (nSPS) is 17.3. The summed E-state index contributed by atoms with van der Waals surface area (Å²) in [5.41, 5.74) is 1.88. The lowest BCUT2D eigenvalue weighted by molar-refractivity contribution is -0.117. The molecule has 4 rings (SSSR count). The monoisotopic (exact) mass is 401 g/mol. The maximum atomic E-state index is 12.5. The molecule has 2 aliphatic heterocycles. The van der Waals surface area contributed by atoms with Crippen LogP contribution in [0.5, 0.6) is 11.5 Å². The van der Waals surface area contributed by atoms with Gasteiger partial charge in [-0.15, -0.1) is 0 Å². The molecule has 0 aliphatic carbocycles. The van der Waals surface area contributed by atoms with Crippen molar-refractivity contribution in [3.05, 3.63) is 53.1 Å². The van der Waals surface area contributed by atoms with Crippen LogP contribution in [0.3, 0.4) is 0 Å². The fourth-order valence-electron chi connectivity index (χ4n) is 3.50. The van der Waals surface area contributed by atoms with Crippen molar-refractivity contribution in [1.29, 1.82) is 0 Å². The topological polar surface area (TPSA) is 54.0 Å². The smallest absolute Gasteiger partial charge is 0.238 e. The van der Waals surface area contributed by atoms with Crippen molar-refractivity contribution < 1.29 is 14.3 Å². The highest BCUT2D eigenvalue weighted by Gasteiger charge is 2.21. The number of halogens is 1. The number of hydrogen-bond donors (Lipinski definition) is 1. The van der Waals surface area contributed by atoms with Crippen LogP contribution in [0, 0.1) is 0 Å². The van der Waals surface area contributed by atoms with Crippen LogP contribution < -0.4 is 14.8 Å². The van der Waals surface area contributed by atoms with Crippen molar-refractivity contribution in [3.63, 3.8) is 0 Å². The number of amides is 1. The minimum atomic E-state index is -0.0740. The van der Waals surface area contributed by atoms with E-state index in [0.29, 0.717) is 42.0 Å². The van der Waals surface area contributed by atoms with Crippen molar-refractivity contribution in [2.75, 3.05) is 51.3 Å². The zero-order valence-electron chi connectivity index (χ0n) is 15.7. The lowest BCUT2D eigenvalue weighted by Gasteiger charge is -2.34. The molecule has 2 heterocycles. The lowest BCUT2D eigenvalue weighted by Crippen LogP contribution is -2.48. The van der Waals surface area contributed by atoms with Crippen LogP contribution in [-0.2, 0) is 11.3 Å². The summed E-state index contributed by atoms with van der Waals surface area (Å²) in [6, 6.07) is 13.9. The van der Waals surface area contributed by atoms with Crippen LogP contribution in [0.25, 0.3) is 0 Å². The molecule has 1 N–H and O–H groups in total. The van der Waals surface area contributed by atoms with Gasteiger partial charge in [0, 0.05) is 44.9 Å². The molecule has 1 fully saturated rings. The third-order valence-electron chi connectivity index (χ3n) is 4.99. The molecule has 0 saturated carbocycles. The van der Waals surface area contributed by atoms with Crippen LogP contribution in [0.1, 0.15) is 5.56 Å². The Labute approximate surface area is 170 Å². The molecule has 0 aromatic heterocycles. The number of ether oxygens (including phenoxy) is 2. The number of piperazine rings is 1. The highest BCUT2D eigenvalue weighted by atomic mass is 35.5. The Bertz CT molecular complexity index is 823. The molecule has 2 aliphatic rings. The fourth-order valence-corrected chi connectivity index (χ4v) is 3.70. The Kier molecular flexibility index (Phi) is 6.00. The van der Waals surface area contributed by atoms with Gasteiger partial charge >= 0.3 is 0 Å². The van der Waals surface area contributed by atoms with E-state index in [1.54, 1.807) is 12.1 Å².